The van der Waals surface area contributed by atoms with Crippen LogP contribution in [0.4, 0.5) is 0 Å². The second kappa shape index (κ2) is 4.19. The minimum absolute atomic E-state index is 0.0829. The minimum Gasteiger partial charge on any atom is -0.267 e. The van der Waals surface area contributed by atoms with Gasteiger partial charge in [0.1, 0.15) is 0 Å². The van der Waals surface area contributed by atoms with Crippen LogP contribution in [0.3, 0.4) is 0 Å². The monoisotopic (exact) mass is 245 g/mol. The van der Waals surface area contributed by atoms with Gasteiger partial charge in [0.25, 0.3) is 5.56 Å². The number of nitrogens with zero attached hydrogens (tertiary/aromatic N) is 3. The molecular formula is C14H19N3O. The number of aromatic nitrogens is 3. The maximum Gasteiger partial charge on any atom is 0.277 e. The van der Waals surface area contributed by atoms with Crippen LogP contribution in [-0.2, 0) is 0 Å². The molecule has 0 radical (unpaired) electrons. The van der Waals surface area contributed by atoms with Gasteiger partial charge in [0.2, 0.25) is 0 Å². The third-order valence-corrected chi connectivity index (χ3v) is 3.20. The molecule has 2 aromatic heterocycles. The van der Waals surface area contributed by atoms with E-state index in [1.807, 2.05) is 34.6 Å². The molecule has 0 spiro atoms. The average Bonchev–Trinajstić information content (AvgIpc) is 2.61. The summed E-state index contributed by atoms with van der Waals surface area (Å²) in [5.74, 6) is 0.459. The molecule has 0 atom stereocenters. The molecule has 0 aliphatic rings. The summed E-state index contributed by atoms with van der Waals surface area (Å²) in [5, 5.41) is 5.12. The van der Waals surface area contributed by atoms with Crippen LogP contribution in [0.25, 0.3) is 12.2 Å². The van der Waals surface area contributed by atoms with Gasteiger partial charge in [-0.1, -0.05) is 34.3 Å². The van der Waals surface area contributed by atoms with E-state index in [1.54, 1.807) is 0 Å². The summed E-state index contributed by atoms with van der Waals surface area (Å²) in [6.45, 7) is 14.0. The van der Waals surface area contributed by atoms with E-state index in [-0.39, 0.29) is 17.4 Å². The summed E-state index contributed by atoms with van der Waals surface area (Å²) in [6, 6.07) is 0. The van der Waals surface area contributed by atoms with Crippen molar-refractivity contribution in [2.75, 3.05) is 0 Å². The largest absolute Gasteiger partial charge is 0.277 e. The van der Waals surface area contributed by atoms with E-state index in [9.17, 15) is 4.79 Å². The van der Waals surface area contributed by atoms with Gasteiger partial charge in [0, 0.05) is 10.8 Å². The Hall–Kier alpha value is -1.71. The van der Waals surface area contributed by atoms with Crippen LogP contribution < -0.4 is 10.8 Å². The maximum absolute atomic E-state index is 12.3. The fourth-order valence-electron chi connectivity index (χ4n) is 2.21. The molecule has 0 saturated carbocycles. The van der Waals surface area contributed by atoms with Crippen LogP contribution in [0.1, 0.15) is 56.5 Å². The fraction of sp³-hybridized carbons (Fsp3) is 0.500. The lowest BCUT2D eigenvalue weighted by Crippen LogP contribution is -2.22. The Labute approximate surface area is 106 Å². The molecule has 0 saturated heterocycles. The van der Waals surface area contributed by atoms with E-state index in [1.165, 1.54) is 4.52 Å². The zero-order chi connectivity index (χ0) is 13.6. The molecule has 0 aliphatic heterocycles. The molecule has 4 heteroatoms. The Balaban J connectivity index is 2.93. The topological polar surface area (TPSA) is 47.3 Å². The van der Waals surface area contributed by atoms with Crippen LogP contribution in [-0.4, -0.2) is 14.6 Å². The zero-order valence-corrected chi connectivity index (χ0v) is 11.6. The maximum atomic E-state index is 12.3. The summed E-state index contributed by atoms with van der Waals surface area (Å²) in [7, 11) is 0. The van der Waals surface area contributed by atoms with Gasteiger partial charge in [-0.2, -0.15) is 9.61 Å². The van der Waals surface area contributed by atoms with Gasteiger partial charge in [-0.05, 0) is 18.8 Å². The summed E-state index contributed by atoms with van der Waals surface area (Å²) in [4.78, 5) is 16.9. The van der Waals surface area contributed by atoms with E-state index in [0.717, 1.165) is 16.6 Å². The summed E-state index contributed by atoms with van der Waals surface area (Å²) in [6.07, 6.45) is 0. The van der Waals surface area contributed by atoms with Crippen LogP contribution in [0.2, 0.25) is 0 Å². The first-order valence-electron chi connectivity index (χ1n) is 6.26. The van der Waals surface area contributed by atoms with E-state index < -0.39 is 0 Å². The van der Waals surface area contributed by atoms with Crippen molar-refractivity contribution in [3.8, 4) is 0 Å². The van der Waals surface area contributed by atoms with Crippen LogP contribution in [0.15, 0.2) is 4.79 Å². The quantitative estimate of drug-likeness (QED) is 0.810. The van der Waals surface area contributed by atoms with Crippen molar-refractivity contribution < 1.29 is 0 Å². The Kier molecular flexibility index (Phi) is 2.97. The van der Waals surface area contributed by atoms with Crippen molar-refractivity contribution in [1.82, 2.24) is 14.6 Å². The minimum atomic E-state index is -0.0829. The third-order valence-electron chi connectivity index (χ3n) is 3.20. The molecule has 2 heterocycles. The van der Waals surface area contributed by atoms with Gasteiger partial charge in [-0.3, -0.25) is 4.79 Å². The molecule has 2 aromatic rings. The Bertz CT molecular complexity index is 698. The molecule has 0 aliphatic carbocycles. The second-order valence-electron chi connectivity index (χ2n) is 5.34. The van der Waals surface area contributed by atoms with E-state index in [0.29, 0.717) is 11.2 Å². The van der Waals surface area contributed by atoms with Gasteiger partial charge in [-0.15, -0.1) is 0 Å². The normalized spacial score (nSPS) is 11.9. The molecule has 2 rings (SSSR count). The van der Waals surface area contributed by atoms with E-state index in [4.69, 9.17) is 0 Å². The Morgan fingerprint density at radius 2 is 1.67 bits per heavy atom. The number of hydrogen-bond donors (Lipinski definition) is 0. The standard InChI is InChI=1S/C14H19N3O/c1-7(2)11-10(6)14(18)17-13(15-11)9(5)12(16-17)8(3)4/h7-8H,5H2,1-4,6H3. The highest BCUT2D eigenvalue weighted by atomic mass is 16.1. The highest BCUT2D eigenvalue weighted by molar-refractivity contribution is 5.46. The Morgan fingerprint density at radius 1 is 1.11 bits per heavy atom. The van der Waals surface area contributed by atoms with Gasteiger partial charge in [0.05, 0.1) is 11.4 Å². The summed E-state index contributed by atoms with van der Waals surface area (Å²) in [5.41, 5.74) is 2.88. The molecule has 96 valence electrons. The van der Waals surface area contributed by atoms with Crippen molar-refractivity contribution >= 4 is 12.2 Å². The molecule has 0 amide bonds. The first-order chi connectivity index (χ1) is 8.34. The van der Waals surface area contributed by atoms with Gasteiger partial charge < -0.3 is 0 Å². The highest BCUT2D eigenvalue weighted by Gasteiger charge is 2.17. The number of fused-ring (bicyclic) bond motifs is 1. The van der Waals surface area contributed by atoms with E-state index in [2.05, 4.69) is 16.7 Å². The summed E-state index contributed by atoms with van der Waals surface area (Å²) < 4.78 is 1.39. The predicted octanol–water partition coefficient (Wildman–Crippen LogP) is 1.77. The van der Waals surface area contributed by atoms with Crippen molar-refractivity contribution in [3.63, 3.8) is 0 Å². The first kappa shape index (κ1) is 12.7. The third kappa shape index (κ3) is 1.72. The Morgan fingerprint density at radius 3 is 2.17 bits per heavy atom. The molecule has 0 aromatic carbocycles. The van der Waals surface area contributed by atoms with Crippen molar-refractivity contribution in [1.29, 1.82) is 0 Å². The van der Waals surface area contributed by atoms with Crippen molar-refractivity contribution in [2.24, 2.45) is 0 Å². The van der Waals surface area contributed by atoms with Crippen LogP contribution in [0, 0.1) is 6.92 Å². The molecule has 0 bridgehead atoms. The number of hydrogen-bond acceptors (Lipinski definition) is 3. The lowest BCUT2D eigenvalue weighted by Gasteiger charge is -2.07. The zero-order valence-electron chi connectivity index (χ0n) is 11.6. The molecule has 0 unspecified atom stereocenters. The van der Waals surface area contributed by atoms with Crippen LogP contribution in [0.5, 0.6) is 0 Å². The highest BCUT2D eigenvalue weighted by Crippen LogP contribution is 2.14. The smallest absolute Gasteiger partial charge is 0.267 e. The molecular weight excluding hydrogens is 226 g/mol. The lowest BCUT2D eigenvalue weighted by molar-refractivity contribution is 0.752. The fourth-order valence-corrected chi connectivity index (χ4v) is 2.21. The average molecular weight is 245 g/mol. The van der Waals surface area contributed by atoms with Crippen LogP contribution >= 0.6 is 0 Å². The predicted molar refractivity (Wildman–Crippen MR) is 72.9 cm³/mol. The van der Waals surface area contributed by atoms with Crippen molar-refractivity contribution in [2.45, 2.75) is 46.5 Å². The SMILES string of the molecule is C=c1c(C(C)C)nn2c(=O)c(C)c(C(C)C)nc12. The van der Waals surface area contributed by atoms with Gasteiger partial charge in [0.15, 0.2) is 5.65 Å². The molecule has 0 N–H and O–H groups in total. The van der Waals surface area contributed by atoms with Gasteiger partial charge >= 0.3 is 0 Å². The van der Waals surface area contributed by atoms with E-state index >= 15 is 0 Å². The number of rotatable bonds is 2. The first-order valence-corrected chi connectivity index (χ1v) is 6.26. The molecule has 4 nitrogen and oxygen atoms in total. The summed E-state index contributed by atoms with van der Waals surface area (Å²) >= 11 is 0. The van der Waals surface area contributed by atoms with Crippen molar-refractivity contribution in [3.05, 3.63) is 32.5 Å². The lowest BCUT2D eigenvalue weighted by atomic mass is 10.1. The molecule has 18 heavy (non-hydrogen) atoms. The molecule has 0 fully saturated rings. The van der Waals surface area contributed by atoms with Gasteiger partial charge in [-0.25, -0.2) is 4.98 Å². The second-order valence-corrected chi connectivity index (χ2v) is 5.34.